The average Bonchev–Trinajstić information content (AvgIpc) is 3.04. The monoisotopic (exact) mass is 310 g/mol. The molecular weight excluding hydrogens is 288 g/mol. The first-order chi connectivity index (χ1) is 10.5. The molecule has 22 heavy (non-hydrogen) atoms. The molecule has 0 aromatic heterocycles. The van der Waals surface area contributed by atoms with Crippen LogP contribution >= 0.6 is 0 Å². The van der Waals surface area contributed by atoms with Crippen LogP contribution in [0.25, 0.3) is 0 Å². The maximum absolute atomic E-state index is 9.73. The van der Waals surface area contributed by atoms with E-state index in [9.17, 15) is 10.2 Å². The molecule has 1 aromatic carbocycles. The number of rotatable bonds is 5. The third kappa shape index (κ3) is 3.12. The minimum Gasteiger partial charge on any atom is -0.485 e. The maximum Gasteiger partial charge on any atom is 0.151 e. The number of nitrogens with two attached hydrogens (primary N) is 1. The summed E-state index contributed by atoms with van der Waals surface area (Å²) in [5.74, 6) is 0.640. The Morgan fingerprint density at radius 2 is 2.14 bits per heavy atom. The Morgan fingerprint density at radius 3 is 2.91 bits per heavy atom. The van der Waals surface area contributed by atoms with Crippen molar-refractivity contribution in [3.8, 4) is 5.75 Å². The standard InChI is InChI=1S/C15H22N2O5/c1-8(18)5-17-11-4-9(2-3-10(11)16)22-13-7-21-14-12(19)6-20-15(13)14/h2-4,8,12-15,17-19H,5-7,16H2,1H3. The van der Waals surface area contributed by atoms with Gasteiger partial charge in [-0.1, -0.05) is 0 Å². The fraction of sp³-hybridized carbons (Fsp3) is 0.600. The summed E-state index contributed by atoms with van der Waals surface area (Å²) in [6.07, 6.45) is -1.88. The summed E-state index contributed by atoms with van der Waals surface area (Å²) in [5, 5.41) is 22.1. The molecule has 0 amide bonds. The van der Waals surface area contributed by atoms with Gasteiger partial charge in [-0.15, -0.1) is 0 Å². The molecule has 1 aromatic rings. The molecule has 2 saturated heterocycles. The molecule has 0 radical (unpaired) electrons. The molecule has 5 atom stereocenters. The highest BCUT2D eigenvalue weighted by Gasteiger charge is 2.48. The SMILES string of the molecule is CC(O)CNc1cc(OC2COC3C(O)COC23)ccc1N. The van der Waals surface area contributed by atoms with Crippen molar-refractivity contribution in [3.63, 3.8) is 0 Å². The Hall–Kier alpha value is -1.54. The van der Waals surface area contributed by atoms with Crippen molar-refractivity contribution < 1.29 is 24.4 Å². The van der Waals surface area contributed by atoms with E-state index in [0.29, 0.717) is 30.3 Å². The highest BCUT2D eigenvalue weighted by molar-refractivity contribution is 5.68. The van der Waals surface area contributed by atoms with Crippen molar-refractivity contribution in [2.75, 3.05) is 30.8 Å². The van der Waals surface area contributed by atoms with Crippen LogP contribution in [-0.2, 0) is 9.47 Å². The summed E-state index contributed by atoms with van der Waals surface area (Å²) in [6, 6.07) is 5.31. The smallest absolute Gasteiger partial charge is 0.151 e. The molecule has 0 spiro atoms. The van der Waals surface area contributed by atoms with Crippen molar-refractivity contribution in [1.82, 2.24) is 0 Å². The fourth-order valence-corrected chi connectivity index (χ4v) is 2.74. The lowest BCUT2D eigenvalue weighted by Gasteiger charge is -2.19. The van der Waals surface area contributed by atoms with Crippen LogP contribution in [0.4, 0.5) is 11.4 Å². The number of hydrogen-bond donors (Lipinski definition) is 4. The van der Waals surface area contributed by atoms with Crippen LogP contribution in [0.3, 0.4) is 0 Å². The summed E-state index contributed by atoms with van der Waals surface area (Å²) < 4.78 is 17.0. The molecule has 122 valence electrons. The van der Waals surface area contributed by atoms with Crippen molar-refractivity contribution in [3.05, 3.63) is 18.2 Å². The molecule has 2 heterocycles. The largest absolute Gasteiger partial charge is 0.485 e. The van der Waals surface area contributed by atoms with E-state index in [0.717, 1.165) is 0 Å². The van der Waals surface area contributed by atoms with Gasteiger partial charge in [0.25, 0.3) is 0 Å². The summed E-state index contributed by atoms with van der Waals surface area (Å²) in [4.78, 5) is 0. The van der Waals surface area contributed by atoms with Gasteiger partial charge >= 0.3 is 0 Å². The van der Waals surface area contributed by atoms with Crippen molar-refractivity contribution in [1.29, 1.82) is 0 Å². The van der Waals surface area contributed by atoms with Crippen LogP contribution in [0.1, 0.15) is 6.92 Å². The Kier molecular flexibility index (Phi) is 4.39. The van der Waals surface area contributed by atoms with Crippen LogP contribution in [0.2, 0.25) is 0 Å². The molecule has 0 saturated carbocycles. The molecule has 5 N–H and O–H groups in total. The number of aliphatic hydroxyl groups excluding tert-OH is 2. The molecule has 7 heteroatoms. The number of nitrogens with one attached hydrogen (secondary N) is 1. The Balaban J connectivity index is 1.66. The van der Waals surface area contributed by atoms with E-state index in [1.54, 1.807) is 25.1 Å². The quantitative estimate of drug-likeness (QED) is 0.566. The third-order valence-corrected chi connectivity index (χ3v) is 3.88. The van der Waals surface area contributed by atoms with Crippen molar-refractivity contribution >= 4 is 11.4 Å². The zero-order chi connectivity index (χ0) is 15.7. The molecule has 0 bridgehead atoms. The maximum atomic E-state index is 9.73. The van der Waals surface area contributed by atoms with Crippen LogP contribution in [0.15, 0.2) is 18.2 Å². The number of hydrogen-bond acceptors (Lipinski definition) is 7. The second-order valence-electron chi connectivity index (χ2n) is 5.80. The first-order valence-corrected chi connectivity index (χ1v) is 7.44. The lowest BCUT2D eigenvalue weighted by Crippen LogP contribution is -2.34. The summed E-state index contributed by atoms with van der Waals surface area (Å²) in [7, 11) is 0. The number of fused-ring (bicyclic) bond motifs is 1. The normalized spacial score (nSPS) is 31.8. The molecular formula is C15H22N2O5. The second-order valence-corrected chi connectivity index (χ2v) is 5.80. The molecule has 0 aliphatic carbocycles. The minimum atomic E-state index is -0.590. The summed E-state index contributed by atoms with van der Waals surface area (Å²) >= 11 is 0. The van der Waals surface area contributed by atoms with Gasteiger partial charge < -0.3 is 35.5 Å². The number of ether oxygens (including phenoxy) is 3. The topological polar surface area (TPSA) is 106 Å². The second kappa shape index (κ2) is 6.29. The van der Waals surface area contributed by atoms with Crippen LogP contribution < -0.4 is 15.8 Å². The van der Waals surface area contributed by atoms with Crippen molar-refractivity contribution in [2.24, 2.45) is 0 Å². The lowest BCUT2D eigenvalue weighted by molar-refractivity contribution is 0.00864. The van der Waals surface area contributed by atoms with E-state index in [1.807, 2.05) is 0 Å². The first-order valence-electron chi connectivity index (χ1n) is 7.44. The van der Waals surface area contributed by atoms with E-state index < -0.39 is 12.2 Å². The molecule has 5 unspecified atom stereocenters. The van der Waals surface area contributed by atoms with Crippen LogP contribution in [0, 0.1) is 0 Å². The van der Waals surface area contributed by atoms with Gasteiger partial charge in [0.2, 0.25) is 0 Å². The summed E-state index contributed by atoms with van der Waals surface area (Å²) in [5.41, 5.74) is 7.20. The van der Waals surface area contributed by atoms with Crippen LogP contribution in [0.5, 0.6) is 5.75 Å². The highest BCUT2D eigenvalue weighted by atomic mass is 16.6. The Morgan fingerprint density at radius 1 is 1.36 bits per heavy atom. The zero-order valence-corrected chi connectivity index (χ0v) is 12.4. The van der Waals surface area contributed by atoms with Gasteiger partial charge in [0.1, 0.15) is 24.1 Å². The van der Waals surface area contributed by atoms with Gasteiger partial charge in [-0.25, -0.2) is 0 Å². The molecule has 2 fully saturated rings. The van der Waals surface area contributed by atoms with E-state index in [2.05, 4.69) is 5.32 Å². The van der Waals surface area contributed by atoms with Gasteiger partial charge in [0.15, 0.2) is 6.10 Å². The number of anilines is 2. The van der Waals surface area contributed by atoms with Gasteiger partial charge in [-0.2, -0.15) is 0 Å². The predicted octanol–water partition coefficient (Wildman–Crippen LogP) is -0.0326. The van der Waals surface area contributed by atoms with Crippen molar-refractivity contribution in [2.45, 2.75) is 37.4 Å². The van der Waals surface area contributed by atoms with Gasteiger partial charge in [0, 0.05) is 12.6 Å². The number of nitrogen functional groups attached to an aromatic ring is 1. The first kappa shape index (κ1) is 15.4. The van der Waals surface area contributed by atoms with E-state index in [1.165, 1.54) is 0 Å². The average molecular weight is 310 g/mol. The van der Waals surface area contributed by atoms with Gasteiger partial charge in [0.05, 0.1) is 30.7 Å². The minimum absolute atomic E-state index is 0.249. The number of benzene rings is 1. The number of aliphatic hydroxyl groups is 2. The Labute approximate surface area is 129 Å². The zero-order valence-electron chi connectivity index (χ0n) is 12.4. The van der Waals surface area contributed by atoms with E-state index in [-0.39, 0.29) is 24.9 Å². The van der Waals surface area contributed by atoms with Gasteiger partial charge in [-0.05, 0) is 19.1 Å². The predicted molar refractivity (Wildman–Crippen MR) is 80.9 cm³/mol. The highest BCUT2D eigenvalue weighted by Crippen LogP contribution is 2.31. The molecule has 2 aliphatic heterocycles. The Bertz CT molecular complexity index is 525. The molecule has 3 rings (SSSR count). The molecule has 7 nitrogen and oxygen atoms in total. The van der Waals surface area contributed by atoms with Gasteiger partial charge in [-0.3, -0.25) is 0 Å². The lowest BCUT2D eigenvalue weighted by atomic mass is 10.1. The summed E-state index contributed by atoms with van der Waals surface area (Å²) in [6.45, 7) is 2.76. The fourth-order valence-electron chi connectivity index (χ4n) is 2.74. The third-order valence-electron chi connectivity index (χ3n) is 3.88. The van der Waals surface area contributed by atoms with Crippen LogP contribution in [-0.4, -0.2) is 60.5 Å². The van der Waals surface area contributed by atoms with E-state index >= 15 is 0 Å². The van der Waals surface area contributed by atoms with E-state index in [4.69, 9.17) is 19.9 Å². The molecule has 2 aliphatic rings.